The molecule has 9 nitrogen and oxygen atoms in total. The van der Waals surface area contributed by atoms with Gasteiger partial charge in [0, 0.05) is 12.2 Å². The van der Waals surface area contributed by atoms with Gasteiger partial charge in [-0.2, -0.15) is 0 Å². The second-order valence-electron chi connectivity index (χ2n) is 6.92. The number of amides is 2. The molecule has 2 aromatic rings. The molecule has 4 rings (SSSR count). The summed E-state index contributed by atoms with van der Waals surface area (Å²) in [7, 11) is 1.46. The first-order valence-corrected chi connectivity index (χ1v) is 9.35. The Kier molecular flexibility index (Phi) is 5.32. The number of nitrogens with one attached hydrogen (secondary N) is 1. The van der Waals surface area contributed by atoms with Crippen LogP contribution in [0.5, 0.6) is 5.75 Å². The van der Waals surface area contributed by atoms with Gasteiger partial charge >= 0.3 is 0 Å². The number of hydrogen-bond acceptors (Lipinski definition) is 7. The van der Waals surface area contributed by atoms with Crippen molar-refractivity contribution in [2.45, 2.75) is 25.0 Å². The van der Waals surface area contributed by atoms with E-state index < -0.39 is 5.91 Å². The van der Waals surface area contributed by atoms with Gasteiger partial charge in [0.2, 0.25) is 0 Å². The van der Waals surface area contributed by atoms with Crippen molar-refractivity contribution in [3.63, 3.8) is 0 Å². The summed E-state index contributed by atoms with van der Waals surface area (Å²) in [5, 5.41) is 4.29. The number of rotatable bonds is 8. The number of primary amides is 1. The Bertz CT molecular complexity index is 927. The van der Waals surface area contributed by atoms with Crippen LogP contribution in [0.1, 0.15) is 33.7 Å². The Hall–Kier alpha value is -3.17. The molecule has 1 aromatic heterocycles. The maximum atomic E-state index is 12.4. The van der Waals surface area contributed by atoms with Gasteiger partial charge in [0.25, 0.3) is 11.8 Å². The molecule has 2 fully saturated rings. The summed E-state index contributed by atoms with van der Waals surface area (Å²) in [6, 6.07) is 8.91. The molecule has 0 spiro atoms. The van der Waals surface area contributed by atoms with Gasteiger partial charge in [0.05, 0.1) is 31.6 Å². The van der Waals surface area contributed by atoms with Crippen LogP contribution in [0.3, 0.4) is 0 Å². The van der Waals surface area contributed by atoms with Crippen LogP contribution >= 0.6 is 0 Å². The Labute approximate surface area is 167 Å². The molecule has 0 bridgehead atoms. The molecule has 1 aromatic carbocycles. The summed E-state index contributed by atoms with van der Waals surface area (Å²) in [5.41, 5.74) is 6.70. The fourth-order valence-electron chi connectivity index (χ4n) is 2.93. The van der Waals surface area contributed by atoms with Crippen molar-refractivity contribution in [3.05, 3.63) is 47.8 Å². The molecule has 1 aliphatic carbocycles. The van der Waals surface area contributed by atoms with E-state index in [1.165, 1.54) is 24.4 Å². The predicted octanol–water partition coefficient (Wildman–Crippen LogP) is 1.55. The Morgan fingerprint density at radius 3 is 2.62 bits per heavy atom. The van der Waals surface area contributed by atoms with Crippen LogP contribution < -0.4 is 20.9 Å². The summed E-state index contributed by atoms with van der Waals surface area (Å²) in [5.74, 6) is -0.440. The number of hydrogen-bond donors (Lipinski definition) is 2. The van der Waals surface area contributed by atoms with Crippen LogP contribution in [-0.4, -0.2) is 49.3 Å². The molecule has 3 N–H and O–H groups in total. The number of nitrogens with zero attached hydrogens (tertiary/aromatic N) is 2. The molecule has 1 aliphatic heterocycles. The maximum absolute atomic E-state index is 12.4. The molecule has 1 saturated carbocycles. The first-order chi connectivity index (χ1) is 14.1. The summed E-state index contributed by atoms with van der Waals surface area (Å²) < 4.78 is 11.1. The zero-order valence-electron chi connectivity index (χ0n) is 16.0. The third kappa shape index (κ3) is 4.15. The highest BCUT2D eigenvalue weighted by Crippen LogP contribution is 2.36. The molecule has 0 unspecified atom stereocenters. The molecule has 152 valence electrons. The molecule has 9 heteroatoms. The number of para-hydroxylation sites is 2. The highest BCUT2D eigenvalue weighted by molar-refractivity contribution is 6.01. The maximum Gasteiger partial charge on any atom is 0.270 e. The molecule has 29 heavy (non-hydrogen) atoms. The highest BCUT2D eigenvalue weighted by atomic mass is 16.7. The van der Waals surface area contributed by atoms with E-state index in [4.69, 9.17) is 20.0 Å². The zero-order valence-corrected chi connectivity index (χ0v) is 16.0. The van der Waals surface area contributed by atoms with Gasteiger partial charge in [-0.15, -0.1) is 0 Å². The second kappa shape index (κ2) is 8.06. The predicted molar refractivity (Wildman–Crippen MR) is 104 cm³/mol. The standard InChI is InChI=1S/C20H22N4O5/c1-27-24(16-4-2-3-5-18(16)29-13-10-28-11-13)17-8-15(20(26)23-12-6-7-12)22-9-14(17)19(21)25/h2-5,8-9,12-13H,6-7,10-11H2,1H3,(H2,21,25)(H,23,26). The minimum absolute atomic E-state index is 0.0530. The lowest BCUT2D eigenvalue weighted by molar-refractivity contribution is -0.0796. The second-order valence-corrected chi connectivity index (χ2v) is 6.92. The number of ether oxygens (including phenoxy) is 2. The topological polar surface area (TPSA) is 116 Å². The van der Waals surface area contributed by atoms with Crippen LogP contribution in [0.4, 0.5) is 11.4 Å². The molecule has 2 amide bonds. The van der Waals surface area contributed by atoms with E-state index in [2.05, 4.69) is 10.3 Å². The van der Waals surface area contributed by atoms with E-state index in [1.807, 2.05) is 12.1 Å². The number of aromatic nitrogens is 1. The summed E-state index contributed by atoms with van der Waals surface area (Å²) in [6.07, 6.45) is 3.15. The fourth-order valence-corrected chi connectivity index (χ4v) is 2.93. The minimum Gasteiger partial charge on any atom is -0.483 e. The van der Waals surface area contributed by atoms with Gasteiger partial charge in [-0.3, -0.25) is 19.4 Å². The number of pyridine rings is 1. The van der Waals surface area contributed by atoms with Crippen LogP contribution in [0.15, 0.2) is 36.5 Å². The van der Waals surface area contributed by atoms with Crippen molar-refractivity contribution in [3.8, 4) is 5.75 Å². The molecule has 0 atom stereocenters. The van der Waals surface area contributed by atoms with Crippen molar-refractivity contribution in [2.75, 3.05) is 25.4 Å². The minimum atomic E-state index is -0.686. The number of benzene rings is 1. The zero-order chi connectivity index (χ0) is 20.4. The number of carbonyl (C=O) groups is 2. The summed E-state index contributed by atoms with van der Waals surface area (Å²) >= 11 is 0. The van der Waals surface area contributed by atoms with Crippen LogP contribution in [0.2, 0.25) is 0 Å². The van der Waals surface area contributed by atoms with Gasteiger partial charge in [0.15, 0.2) is 0 Å². The summed E-state index contributed by atoms with van der Waals surface area (Å²) in [6.45, 7) is 1.02. The normalized spacial score (nSPS) is 16.0. The van der Waals surface area contributed by atoms with Crippen molar-refractivity contribution < 1.29 is 23.9 Å². The molecular formula is C20H22N4O5. The molecule has 2 heterocycles. The average molecular weight is 398 g/mol. The first-order valence-electron chi connectivity index (χ1n) is 9.35. The average Bonchev–Trinajstić information content (AvgIpc) is 3.50. The van der Waals surface area contributed by atoms with E-state index in [0.29, 0.717) is 30.3 Å². The van der Waals surface area contributed by atoms with E-state index >= 15 is 0 Å². The Morgan fingerprint density at radius 2 is 2.00 bits per heavy atom. The number of anilines is 2. The van der Waals surface area contributed by atoms with Crippen LogP contribution in [0, 0.1) is 0 Å². The monoisotopic (exact) mass is 398 g/mol. The lowest BCUT2D eigenvalue weighted by atomic mass is 10.1. The molecule has 1 saturated heterocycles. The van der Waals surface area contributed by atoms with E-state index in [-0.39, 0.29) is 29.3 Å². The van der Waals surface area contributed by atoms with Crippen molar-refractivity contribution in [2.24, 2.45) is 5.73 Å². The third-order valence-corrected chi connectivity index (χ3v) is 4.68. The SMILES string of the molecule is CON(c1ccccc1OC1COC1)c1cc(C(=O)NC2CC2)ncc1C(N)=O. The summed E-state index contributed by atoms with van der Waals surface area (Å²) in [4.78, 5) is 34.1. The fraction of sp³-hybridized carbons (Fsp3) is 0.350. The number of nitrogens with two attached hydrogens (primary N) is 1. The molecule has 0 radical (unpaired) electrons. The molecule has 2 aliphatic rings. The van der Waals surface area contributed by atoms with E-state index in [9.17, 15) is 9.59 Å². The largest absolute Gasteiger partial charge is 0.483 e. The Balaban J connectivity index is 1.72. The molecular weight excluding hydrogens is 376 g/mol. The van der Waals surface area contributed by atoms with Gasteiger partial charge in [-0.05, 0) is 31.0 Å². The van der Waals surface area contributed by atoms with Crippen molar-refractivity contribution >= 4 is 23.2 Å². The smallest absolute Gasteiger partial charge is 0.270 e. The van der Waals surface area contributed by atoms with E-state index in [1.54, 1.807) is 12.1 Å². The van der Waals surface area contributed by atoms with E-state index in [0.717, 1.165) is 12.8 Å². The van der Waals surface area contributed by atoms with Gasteiger partial charge < -0.3 is 20.5 Å². The Morgan fingerprint density at radius 1 is 1.24 bits per heavy atom. The first kappa shape index (κ1) is 19.2. The van der Waals surface area contributed by atoms with Crippen molar-refractivity contribution in [1.29, 1.82) is 0 Å². The van der Waals surface area contributed by atoms with Gasteiger partial charge in [-0.1, -0.05) is 12.1 Å². The van der Waals surface area contributed by atoms with Crippen LogP contribution in [-0.2, 0) is 9.57 Å². The van der Waals surface area contributed by atoms with Gasteiger partial charge in [-0.25, -0.2) is 5.06 Å². The third-order valence-electron chi connectivity index (χ3n) is 4.68. The number of carbonyl (C=O) groups excluding carboxylic acids is 2. The quantitative estimate of drug-likeness (QED) is 0.648. The van der Waals surface area contributed by atoms with Crippen molar-refractivity contribution in [1.82, 2.24) is 10.3 Å². The highest BCUT2D eigenvalue weighted by Gasteiger charge is 2.28. The van der Waals surface area contributed by atoms with Crippen LogP contribution in [0.25, 0.3) is 0 Å². The van der Waals surface area contributed by atoms with Gasteiger partial charge in [0.1, 0.15) is 23.2 Å². The lowest BCUT2D eigenvalue weighted by Crippen LogP contribution is -2.38. The lowest BCUT2D eigenvalue weighted by Gasteiger charge is -2.30.